The predicted octanol–water partition coefficient (Wildman–Crippen LogP) is 4.71. The van der Waals surface area contributed by atoms with Crippen LogP contribution in [0.1, 0.15) is 72.6 Å². The molecule has 6 atom stereocenters. The van der Waals surface area contributed by atoms with Gasteiger partial charge in [-0.25, -0.2) is 0 Å². The van der Waals surface area contributed by atoms with Gasteiger partial charge < -0.3 is 10.2 Å². The number of aliphatic hydroxyl groups is 2. The first-order chi connectivity index (χ1) is 11.7. The Morgan fingerprint density at radius 1 is 1.08 bits per heavy atom. The summed E-state index contributed by atoms with van der Waals surface area (Å²) in [6.45, 7) is 8.63. The quantitative estimate of drug-likeness (QED) is 0.494. The summed E-state index contributed by atoms with van der Waals surface area (Å²) >= 11 is 0. The Morgan fingerprint density at radius 3 is 2.44 bits per heavy atom. The minimum absolute atomic E-state index is 0.00868. The second kappa shape index (κ2) is 5.22. The van der Waals surface area contributed by atoms with Crippen LogP contribution in [-0.4, -0.2) is 21.6 Å². The summed E-state index contributed by atoms with van der Waals surface area (Å²) in [4.78, 5) is 12.5. The van der Waals surface area contributed by atoms with E-state index in [4.69, 9.17) is 0 Å². The van der Waals surface area contributed by atoms with Gasteiger partial charge in [-0.3, -0.25) is 4.79 Å². The summed E-state index contributed by atoms with van der Waals surface area (Å²) in [7, 11) is 0. The zero-order valence-electron chi connectivity index (χ0n) is 16.1. The molecule has 0 unspecified atom stereocenters. The molecule has 0 spiro atoms. The molecule has 0 heterocycles. The van der Waals surface area contributed by atoms with Gasteiger partial charge in [0.25, 0.3) is 0 Å². The second-order valence-corrected chi connectivity index (χ2v) is 9.87. The van der Waals surface area contributed by atoms with Crippen LogP contribution in [-0.2, 0) is 4.79 Å². The number of fused-ring (bicyclic) bond motifs is 5. The normalized spacial score (nSPS) is 51.3. The van der Waals surface area contributed by atoms with E-state index in [9.17, 15) is 15.0 Å². The van der Waals surface area contributed by atoms with Crippen molar-refractivity contribution in [3.63, 3.8) is 0 Å². The molecule has 0 radical (unpaired) electrons. The number of aliphatic hydroxyl groups excluding tert-OH is 1. The summed E-state index contributed by atoms with van der Waals surface area (Å²) in [6.07, 6.45) is 8.10. The van der Waals surface area contributed by atoms with Crippen LogP contribution in [0.4, 0.5) is 0 Å². The van der Waals surface area contributed by atoms with Crippen molar-refractivity contribution in [2.75, 3.05) is 0 Å². The number of hydrogen-bond acceptors (Lipinski definition) is 3. The molecule has 138 valence electrons. The summed E-state index contributed by atoms with van der Waals surface area (Å²) < 4.78 is 0. The lowest BCUT2D eigenvalue weighted by molar-refractivity contribution is -0.121. The van der Waals surface area contributed by atoms with Crippen LogP contribution < -0.4 is 0 Å². The minimum Gasteiger partial charge on any atom is -0.515 e. The van der Waals surface area contributed by atoms with Crippen molar-refractivity contribution in [3.8, 4) is 0 Å². The molecule has 0 aromatic heterocycles. The zero-order chi connectivity index (χ0) is 18.2. The minimum atomic E-state index is -0.547. The van der Waals surface area contributed by atoms with Crippen molar-refractivity contribution < 1.29 is 15.0 Å². The lowest BCUT2D eigenvalue weighted by Crippen LogP contribution is -2.54. The van der Waals surface area contributed by atoms with Crippen molar-refractivity contribution in [1.29, 1.82) is 0 Å². The number of Topliss-reactive ketones (excluding diaryl/α,β-unsaturated/α-hetero) is 1. The van der Waals surface area contributed by atoms with Crippen molar-refractivity contribution in [2.24, 2.45) is 28.6 Å². The van der Waals surface area contributed by atoms with E-state index in [1.54, 1.807) is 0 Å². The molecule has 4 rings (SSSR count). The number of ketones is 1. The Balaban J connectivity index is 1.75. The van der Waals surface area contributed by atoms with Crippen molar-refractivity contribution >= 4 is 5.78 Å². The Hall–Kier alpha value is -1.09. The lowest BCUT2D eigenvalue weighted by Gasteiger charge is -2.59. The van der Waals surface area contributed by atoms with Crippen molar-refractivity contribution in [3.05, 3.63) is 23.0 Å². The molecule has 0 aliphatic heterocycles. The van der Waals surface area contributed by atoms with Gasteiger partial charge in [-0.2, -0.15) is 0 Å². The number of carbonyl (C=O) groups excluding carboxylic acids is 1. The average Bonchev–Trinajstić information content (AvgIpc) is 2.81. The monoisotopic (exact) mass is 344 g/mol. The molecule has 4 aliphatic carbocycles. The third-order valence-electron chi connectivity index (χ3n) is 9.03. The highest BCUT2D eigenvalue weighted by atomic mass is 16.3. The largest absolute Gasteiger partial charge is 0.515 e. The van der Waals surface area contributed by atoms with Crippen LogP contribution in [0, 0.1) is 28.6 Å². The molecule has 3 fully saturated rings. The van der Waals surface area contributed by atoms with E-state index >= 15 is 0 Å². The first-order valence-electron chi connectivity index (χ1n) is 9.96. The second-order valence-electron chi connectivity index (χ2n) is 9.87. The van der Waals surface area contributed by atoms with Gasteiger partial charge in [0.1, 0.15) is 0 Å². The average molecular weight is 344 g/mol. The van der Waals surface area contributed by atoms with Crippen LogP contribution in [0.25, 0.3) is 0 Å². The molecule has 25 heavy (non-hydrogen) atoms. The molecule has 4 aliphatic rings. The molecule has 3 saturated carbocycles. The molecule has 3 heteroatoms. The van der Waals surface area contributed by atoms with E-state index in [0.29, 0.717) is 29.7 Å². The van der Waals surface area contributed by atoms with Gasteiger partial charge in [0.05, 0.1) is 11.9 Å². The van der Waals surface area contributed by atoms with E-state index < -0.39 is 5.60 Å². The van der Waals surface area contributed by atoms with Crippen LogP contribution in [0.5, 0.6) is 0 Å². The van der Waals surface area contributed by atoms with Gasteiger partial charge in [-0.1, -0.05) is 19.4 Å². The van der Waals surface area contributed by atoms with E-state index in [0.717, 1.165) is 50.4 Å². The smallest absolute Gasteiger partial charge is 0.187 e. The first-order valence-corrected chi connectivity index (χ1v) is 9.96. The highest BCUT2D eigenvalue weighted by molar-refractivity contribution is 6.09. The molecule has 2 N–H and O–H groups in total. The molecule has 3 nitrogen and oxygen atoms in total. The number of carbonyl (C=O) groups is 1. The van der Waals surface area contributed by atoms with Crippen LogP contribution in [0.15, 0.2) is 23.0 Å². The van der Waals surface area contributed by atoms with Gasteiger partial charge >= 0.3 is 0 Å². The summed E-state index contributed by atoms with van der Waals surface area (Å²) in [5.74, 6) is 1.81. The van der Waals surface area contributed by atoms with E-state index in [1.807, 2.05) is 13.8 Å². The molecule has 0 aromatic carbocycles. The van der Waals surface area contributed by atoms with Gasteiger partial charge in [-0.15, -0.1) is 0 Å². The molecular weight excluding hydrogens is 312 g/mol. The topological polar surface area (TPSA) is 57.5 Å². The fourth-order valence-corrected chi connectivity index (χ4v) is 7.36. The highest BCUT2D eigenvalue weighted by Crippen LogP contribution is 2.68. The van der Waals surface area contributed by atoms with E-state index in [1.165, 1.54) is 5.57 Å². The van der Waals surface area contributed by atoms with Crippen molar-refractivity contribution in [1.82, 2.24) is 0 Å². The lowest BCUT2D eigenvalue weighted by atomic mass is 9.45. The molecule has 0 aromatic rings. The van der Waals surface area contributed by atoms with E-state index in [-0.39, 0.29) is 16.6 Å². The molecule has 0 bridgehead atoms. The Morgan fingerprint density at radius 2 is 1.76 bits per heavy atom. The van der Waals surface area contributed by atoms with Crippen LogP contribution in [0.3, 0.4) is 0 Å². The fourth-order valence-electron chi connectivity index (χ4n) is 7.36. The van der Waals surface area contributed by atoms with Crippen LogP contribution >= 0.6 is 0 Å². The number of allylic oxidation sites excluding steroid dienone is 2. The number of hydrogen-bond donors (Lipinski definition) is 2. The maximum atomic E-state index is 12.5. The van der Waals surface area contributed by atoms with Gasteiger partial charge in [0, 0.05) is 5.57 Å². The molecule has 0 amide bonds. The maximum absolute atomic E-state index is 12.5. The standard InChI is InChI=1S/C22H32O3/c1-13-16-6-5-15-17(20(16,2)11-14(12-23)19(13)24)7-9-21(3)18(15)8-10-22(21,4)25/h12,15,17-18,23,25H,5-11H2,1-4H3/b14-12+/t15-,17+,18+,20+,21+,22+/m1/s1. The Labute approximate surface area is 151 Å². The maximum Gasteiger partial charge on any atom is 0.187 e. The van der Waals surface area contributed by atoms with Gasteiger partial charge in [-0.05, 0) is 93.0 Å². The van der Waals surface area contributed by atoms with Crippen molar-refractivity contribution in [2.45, 2.75) is 78.2 Å². The summed E-state index contributed by atoms with van der Waals surface area (Å²) in [5, 5.41) is 20.6. The van der Waals surface area contributed by atoms with Crippen LogP contribution in [0.2, 0.25) is 0 Å². The third kappa shape index (κ3) is 2.05. The summed E-state index contributed by atoms with van der Waals surface area (Å²) in [5.41, 5.74) is 2.27. The SMILES string of the molecule is CC1=C2CC[C@@H]3[C@H](CC[C@@]4(C)[C@H]3CC[C@]4(C)O)[C@@]2(C)C/C(=C\O)C1=O. The summed E-state index contributed by atoms with van der Waals surface area (Å²) in [6, 6.07) is 0. The van der Waals surface area contributed by atoms with E-state index in [2.05, 4.69) is 13.8 Å². The number of rotatable bonds is 0. The van der Waals surface area contributed by atoms with Gasteiger partial charge in [0.15, 0.2) is 5.78 Å². The fraction of sp³-hybridized carbons (Fsp3) is 0.773. The predicted molar refractivity (Wildman–Crippen MR) is 98.0 cm³/mol. The Kier molecular flexibility index (Phi) is 3.62. The Bertz CT molecular complexity index is 685. The zero-order valence-corrected chi connectivity index (χ0v) is 16.1. The third-order valence-corrected chi connectivity index (χ3v) is 9.03. The molecular formula is C22H32O3. The highest BCUT2D eigenvalue weighted by Gasteiger charge is 2.62. The first kappa shape index (κ1) is 17.3. The molecule has 0 saturated heterocycles. The van der Waals surface area contributed by atoms with Gasteiger partial charge in [0.2, 0.25) is 0 Å².